The first-order valence-electron chi connectivity index (χ1n) is 24.5. The van der Waals surface area contributed by atoms with Gasteiger partial charge in [-0.2, -0.15) is 0 Å². The summed E-state index contributed by atoms with van der Waals surface area (Å²) in [6.07, 6.45) is -0.403. The molecule has 0 spiro atoms. The monoisotopic (exact) mass is 1030 g/mol. The average Bonchev–Trinajstić information content (AvgIpc) is 4.25. The third-order valence-corrected chi connectivity index (χ3v) is 14.9. The number of ether oxygens (including phenoxy) is 5. The predicted octanol–water partition coefficient (Wildman–Crippen LogP) is 10.2. The van der Waals surface area contributed by atoms with E-state index in [0.717, 1.165) is 27.3 Å². The van der Waals surface area contributed by atoms with Crippen molar-refractivity contribution in [2.45, 2.75) is 89.1 Å². The summed E-state index contributed by atoms with van der Waals surface area (Å²) in [5.74, 6) is -0.940. The van der Waals surface area contributed by atoms with Crippen LogP contribution in [0.1, 0.15) is 125 Å². The van der Waals surface area contributed by atoms with Gasteiger partial charge in [0.15, 0.2) is 11.4 Å². The number of thiazole rings is 2. The number of nitrogens with one attached hydrogen (secondary N) is 3. The Balaban J connectivity index is 0.000000183. The highest BCUT2D eigenvalue weighted by Gasteiger charge is 2.41. The number of esters is 2. The number of amides is 3. The Kier molecular flexibility index (Phi) is 15.5. The second-order valence-corrected chi connectivity index (χ2v) is 20.8. The van der Waals surface area contributed by atoms with Crippen molar-refractivity contribution in [1.82, 2.24) is 30.8 Å². The molecule has 2 saturated heterocycles. The van der Waals surface area contributed by atoms with E-state index >= 15 is 0 Å². The Hall–Kier alpha value is -7.15. The number of alkyl carbamates (subject to hydrolysis) is 2. The van der Waals surface area contributed by atoms with Crippen LogP contribution < -0.4 is 16.0 Å². The van der Waals surface area contributed by atoms with Crippen LogP contribution >= 0.6 is 22.7 Å². The second kappa shape index (κ2) is 22.3. The van der Waals surface area contributed by atoms with Crippen LogP contribution in [0.5, 0.6) is 0 Å². The van der Waals surface area contributed by atoms with Crippen molar-refractivity contribution in [2.75, 3.05) is 39.5 Å². The van der Waals surface area contributed by atoms with Gasteiger partial charge in [0.25, 0.3) is 0 Å². The van der Waals surface area contributed by atoms with Gasteiger partial charge in [0.05, 0.1) is 31.3 Å². The number of carbonyl (C=O) groups is 5. The van der Waals surface area contributed by atoms with Crippen LogP contribution in [0.25, 0.3) is 22.3 Å². The summed E-state index contributed by atoms with van der Waals surface area (Å²) in [5.41, 5.74) is 9.19. The van der Waals surface area contributed by atoms with E-state index in [1.807, 2.05) is 48.5 Å². The number of nitrogens with zero attached hydrogens (tertiary/aromatic N) is 3. The third kappa shape index (κ3) is 11.6. The Morgan fingerprint density at radius 3 is 1.52 bits per heavy atom. The molecule has 0 bridgehead atoms. The average molecular weight is 1030 g/mol. The largest absolute Gasteiger partial charge is 0.461 e. The molecule has 2 aromatic heterocycles. The zero-order valence-corrected chi connectivity index (χ0v) is 42.9. The quantitative estimate of drug-likeness (QED) is 0.0774. The first kappa shape index (κ1) is 50.8. The summed E-state index contributed by atoms with van der Waals surface area (Å²) >= 11 is 2.69. The Bertz CT molecular complexity index is 2900. The minimum absolute atomic E-state index is 0.0166. The van der Waals surface area contributed by atoms with Crippen LogP contribution in [0.4, 0.5) is 14.4 Å². The Labute approximate surface area is 431 Å². The Morgan fingerprint density at radius 1 is 0.616 bits per heavy atom. The van der Waals surface area contributed by atoms with E-state index in [9.17, 15) is 24.0 Å². The lowest BCUT2D eigenvalue weighted by atomic mass is 9.98. The molecule has 2 aliphatic carbocycles. The zero-order chi connectivity index (χ0) is 51.2. The number of benzene rings is 4. The molecular weight excluding hydrogens is 969 g/mol. The van der Waals surface area contributed by atoms with Crippen molar-refractivity contribution in [3.63, 3.8) is 0 Å². The molecule has 380 valence electrons. The van der Waals surface area contributed by atoms with Crippen molar-refractivity contribution < 1.29 is 47.7 Å². The maximum atomic E-state index is 13.1. The molecule has 6 aromatic rings. The van der Waals surface area contributed by atoms with Crippen LogP contribution in [0.15, 0.2) is 108 Å². The van der Waals surface area contributed by atoms with Gasteiger partial charge in [0.1, 0.15) is 28.8 Å². The number of hydrogen-bond donors (Lipinski definition) is 3. The van der Waals surface area contributed by atoms with E-state index < -0.39 is 41.9 Å². The fourth-order valence-electron chi connectivity index (χ4n) is 9.83. The van der Waals surface area contributed by atoms with Crippen molar-refractivity contribution in [1.29, 1.82) is 0 Å². The van der Waals surface area contributed by atoms with E-state index in [4.69, 9.17) is 23.7 Å². The van der Waals surface area contributed by atoms with E-state index in [1.165, 1.54) is 44.9 Å². The Morgan fingerprint density at radius 2 is 1.05 bits per heavy atom. The summed E-state index contributed by atoms with van der Waals surface area (Å²) in [6.45, 7) is 10.8. The number of rotatable bonds is 12. The van der Waals surface area contributed by atoms with Crippen molar-refractivity contribution in [3.05, 3.63) is 151 Å². The molecule has 2 fully saturated rings. The molecule has 0 unspecified atom stereocenters. The fourth-order valence-corrected chi connectivity index (χ4v) is 11.6. The number of hydrogen-bond acceptors (Lipinski definition) is 15. The van der Waals surface area contributed by atoms with Gasteiger partial charge in [-0.05, 0) is 92.0 Å². The fraction of sp³-hybridized carbons (Fsp3) is 0.364. The summed E-state index contributed by atoms with van der Waals surface area (Å²) < 4.78 is 27.1. The van der Waals surface area contributed by atoms with Gasteiger partial charge in [-0.25, -0.2) is 33.9 Å². The van der Waals surface area contributed by atoms with Crippen LogP contribution in [0.3, 0.4) is 0 Å². The summed E-state index contributed by atoms with van der Waals surface area (Å²) in [4.78, 5) is 73.0. The van der Waals surface area contributed by atoms with E-state index in [1.54, 1.807) is 50.3 Å². The van der Waals surface area contributed by atoms with Crippen molar-refractivity contribution in [3.8, 4) is 22.3 Å². The van der Waals surface area contributed by atoms with E-state index in [0.29, 0.717) is 43.3 Å². The minimum Gasteiger partial charge on any atom is -0.461 e. The van der Waals surface area contributed by atoms with Crippen molar-refractivity contribution in [2.24, 2.45) is 0 Å². The molecule has 4 aromatic carbocycles. The van der Waals surface area contributed by atoms with Crippen LogP contribution in [-0.4, -0.2) is 102 Å². The van der Waals surface area contributed by atoms with Gasteiger partial charge in [0.2, 0.25) is 0 Å². The lowest BCUT2D eigenvalue weighted by molar-refractivity contribution is 0.0220. The third-order valence-electron chi connectivity index (χ3n) is 13.0. The SMILES string of the molecule is CCOC(=O)c1csc([C@@H]2C[C@@H](NC(=O)OCC3c4ccccc4-c4ccccc43)CN2)n1.CCOC(=O)c1csc([C@@H]2C[C@@H](NC(=O)OCC3c4ccccc4-c4ccccc43)CN2C(=O)OC(C)(C)C)n1. The highest BCUT2D eigenvalue weighted by Crippen LogP contribution is 2.46. The van der Waals surface area contributed by atoms with Gasteiger partial charge in [-0.1, -0.05) is 97.1 Å². The number of likely N-dealkylation sites (tertiary alicyclic amines) is 1. The molecule has 3 amide bonds. The molecular formula is C55H58N6O10S2. The van der Waals surface area contributed by atoms with Crippen LogP contribution in [-0.2, 0) is 23.7 Å². The molecule has 4 aliphatic rings. The molecule has 4 atom stereocenters. The topological polar surface area (TPSA) is 197 Å². The lowest BCUT2D eigenvalue weighted by Crippen LogP contribution is -2.41. The second-order valence-electron chi connectivity index (χ2n) is 19.0. The summed E-state index contributed by atoms with van der Waals surface area (Å²) in [6, 6.07) is 31.9. The summed E-state index contributed by atoms with van der Waals surface area (Å²) in [7, 11) is 0. The predicted molar refractivity (Wildman–Crippen MR) is 276 cm³/mol. The van der Waals surface area contributed by atoms with Gasteiger partial charge < -0.3 is 39.6 Å². The minimum atomic E-state index is -0.696. The van der Waals surface area contributed by atoms with Gasteiger partial charge in [0, 0.05) is 41.7 Å². The first-order chi connectivity index (χ1) is 35.3. The molecule has 73 heavy (non-hydrogen) atoms. The number of aromatic nitrogens is 2. The van der Waals surface area contributed by atoms with Gasteiger partial charge in [-0.15, -0.1) is 22.7 Å². The number of fused-ring (bicyclic) bond motifs is 6. The molecule has 18 heteroatoms. The first-order valence-corrected chi connectivity index (χ1v) is 26.3. The standard InChI is InChI=1S/C30H33N3O6S.C25H25N3O4S/c1-5-37-27(34)24-17-40-26(32-24)25-14-18(15-33(25)29(36)39-30(2,3)4)31-28(35)38-16-23-21-12-8-6-10-19(21)20-11-7-9-13-22(20)23;1-2-31-24(29)22-14-33-23(28-22)21-11-15(12-26-21)27-25(30)32-13-20-18-9-5-3-7-16(18)17-8-4-6-10-19(17)20/h6-13,17-18,23,25H,5,14-16H2,1-4H3,(H,31,35);3-10,14-15,20-21,26H,2,11-13H2,1H3,(H,27,30)/t18-,25+;15-,21+/m11/s1. The highest BCUT2D eigenvalue weighted by atomic mass is 32.1. The number of carbonyl (C=O) groups excluding carboxylic acids is 5. The molecule has 0 radical (unpaired) electrons. The molecule has 2 aliphatic heterocycles. The maximum Gasteiger partial charge on any atom is 0.410 e. The molecule has 3 N–H and O–H groups in total. The van der Waals surface area contributed by atoms with Gasteiger partial charge in [-0.3, -0.25) is 4.90 Å². The normalized spacial score (nSPS) is 18.6. The van der Waals surface area contributed by atoms with E-state index in [2.05, 4.69) is 74.4 Å². The van der Waals surface area contributed by atoms with Crippen LogP contribution in [0.2, 0.25) is 0 Å². The zero-order valence-electron chi connectivity index (χ0n) is 41.3. The maximum absolute atomic E-state index is 13.1. The molecule has 16 nitrogen and oxygen atoms in total. The lowest BCUT2D eigenvalue weighted by Gasteiger charge is -2.27. The molecule has 4 heterocycles. The molecule has 0 saturated carbocycles. The molecule has 10 rings (SSSR count). The van der Waals surface area contributed by atoms with Gasteiger partial charge >= 0.3 is 30.2 Å². The van der Waals surface area contributed by atoms with Crippen LogP contribution in [0, 0.1) is 0 Å². The van der Waals surface area contributed by atoms with E-state index in [-0.39, 0.29) is 55.4 Å². The van der Waals surface area contributed by atoms with Crippen molar-refractivity contribution >= 4 is 52.9 Å². The summed E-state index contributed by atoms with van der Waals surface area (Å²) in [5, 5.41) is 14.0. The highest BCUT2D eigenvalue weighted by molar-refractivity contribution is 7.10. The smallest absolute Gasteiger partial charge is 0.410 e.